The number of aromatic nitrogens is 4. The summed E-state index contributed by atoms with van der Waals surface area (Å²) in [6.07, 6.45) is 5.60. The lowest BCUT2D eigenvalue weighted by atomic mass is 9.80. The molecule has 1 saturated heterocycles. The molecule has 0 bridgehead atoms. The molecule has 3 atom stereocenters. The van der Waals surface area contributed by atoms with Gasteiger partial charge in [0.2, 0.25) is 15.9 Å². The van der Waals surface area contributed by atoms with E-state index in [9.17, 15) is 13.2 Å². The maximum Gasteiger partial charge on any atom is 0.254 e. The summed E-state index contributed by atoms with van der Waals surface area (Å²) >= 11 is 0. The van der Waals surface area contributed by atoms with Crippen molar-refractivity contribution in [1.29, 1.82) is 0 Å². The lowest BCUT2D eigenvalue weighted by Gasteiger charge is -2.24. The second-order valence-electron chi connectivity index (χ2n) is 7.57. The molecule has 1 N–H and O–H groups in total. The maximum atomic E-state index is 12.5. The van der Waals surface area contributed by atoms with Gasteiger partial charge in [0.1, 0.15) is 0 Å². The molecule has 2 aromatic heterocycles. The summed E-state index contributed by atoms with van der Waals surface area (Å²) in [5.41, 5.74) is -0.0768. The number of carbonyl (C=O) groups is 1. The molecule has 2 aliphatic rings. The van der Waals surface area contributed by atoms with Crippen molar-refractivity contribution in [3.8, 4) is 0 Å². The van der Waals surface area contributed by atoms with Crippen LogP contribution in [0.3, 0.4) is 0 Å². The normalized spacial score (nSPS) is 28.4. The van der Waals surface area contributed by atoms with Crippen LogP contribution in [0.5, 0.6) is 0 Å². The Bertz CT molecular complexity index is 983. The average molecular weight is 394 g/mol. The summed E-state index contributed by atoms with van der Waals surface area (Å²) in [6.45, 7) is 2.41. The fraction of sp³-hybridized carbons (Fsp3) is 0.625. The highest BCUT2D eigenvalue weighted by Gasteiger charge is 2.59. The summed E-state index contributed by atoms with van der Waals surface area (Å²) in [7, 11) is -1.57. The molecule has 1 aliphatic carbocycles. The number of amides is 1. The predicted octanol–water partition coefficient (Wildman–Crippen LogP) is -0.167. The highest BCUT2D eigenvalue weighted by molar-refractivity contribution is 7.88. The van der Waals surface area contributed by atoms with E-state index in [4.69, 9.17) is 4.52 Å². The van der Waals surface area contributed by atoms with Crippen LogP contribution in [0, 0.1) is 12.8 Å². The quantitative estimate of drug-likeness (QED) is 0.764. The van der Waals surface area contributed by atoms with Gasteiger partial charge in [-0.2, -0.15) is 10.1 Å². The number of sulfonamides is 1. The fourth-order valence-corrected chi connectivity index (χ4v) is 5.24. The van der Waals surface area contributed by atoms with E-state index in [1.807, 2.05) is 0 Å². The van der Waals surface area contributed by atoms with Crippen LogP contribution < -0.4 is 5.32 Å². The highest BCUT2D eigenvalue weighted by atomic mass is 32.2. The first-order chi connectivity index (χ1) is 12.7. The molecule has 1 saturated carbocycles. The average Bonchev–Trinajstić information content (AvgIpc) is 3.29. The molecule has 0 aromatic carbocycles. The van der Waals surface area contributed by atoms with Gasteiger partial charge < -0.3 is 9.84 Å². The van der Waals surface area contributed by atoms with E-state index in [-0.39, 0.29) is 24.4 Å². The van der Waals surface area contributed by atoms with E-state index >= 15 is 0 Å². The van der Waals surface area contributed by atoms with Crippen LogP contribution in [0.25, 0.3) is 0 Å². The van der Waals surface area contributed by atoms with Gasteiger partial charge in [0.05, 0.1) is 23.4 Å². The summed E-state index contributed by atoms with van der Waals surface area (Å²) in [4.78, 5) is 16.9. The Morgan fingerprint density at radius 2 is 2.22 bits per heavy atom. The van der Waals surface area contributed by atoms with Crippen molar-refractivity contribution in [2.75, 3.05) is 19.3 Å². The molecule has 3 heterocycles. The number of aryl methyl sites for hydroxylation is 2. The van der Waals surface area contributed by atoms with Gasteiger partial charge in [-0.05, 0) is 25.7 Å². The van der Waals surface area contributed by atoms with Gasteiger partial charge in [-0.1, -0.05) is 5.16 Å². The molecule has 27 heavy (non-hydrogen) atoms. The molecular weight excluding hydrogens is 372 g/mol. The number of hydrogen-bond donors (Lipinski definition) is 1. The lowest BCUT2D eigenvalue weighted by Crippen LogP contribution is -2.39. The first-order valence-electron chi connectivity index (χ1n) is 8.73. The molecule has 4 rings (SSSR count). The van der Waals surface area contributed by atoms with Crippen LogP contribution in [0.2, 0.25) is 0 Å². The van der Waals surface area contributed by atoms with Crippen molar-refractivity contribution in [2.24, 2.45) is 13.0 Å². The molecule has 146 valence electrons. The van der Waals surface area contributed by atoms with Crippen molar-refractivity contribution in [1.82, 2.24) is 29.5 Å². The first kappa shape index (κ1) is 18.1. The smallest absolute Gasteiger partial charge is 0.254 e. The van der Waals surface area contributed by atoms with Crippen LogP contribution in [-0.2, 0) is 22.5 Å². The first-order valence-corrected chi connectivity index (χ1v) is 10.6. The summed E-state index contributed by atoms with van der Waals surface area (Å²) in [5.74, 6) is 0.782. The van der Waals surface area contributed by atoms with E-state index in [0.717, 1.165) is 0 Å². The summed E-state index contributed by atoms with van der Waals surface area (Å²) in [6, 6.07) is -0.100. The highest BCUT2D eigenvalue weighted by Crippen LogP contribution is 2.50. The zero-order valence-corrected chi connectivity index (χ0v) is 16.2. The molecule has 1 unspecified atom stereocenters. The molecule has 0 radical (unpaired) electrons. The predicted molar refractivity (Wildman–Crippen MR) is 94.3 cm³/mol. The molecule has 0 spiro atoms. The monoisotopic (exact) mass is 394 g/mol. The van der Waals surface area contributed by atoms with E-state index in [0.29, 0.717) is 36.7 Å². The number of fused-ring (bicyclic) bond motifs is 1. The van der Waals surface area contributed by atoms with Crippen LogP contribution in [-0.4, -0.2) is 63.9 Å². The van der Waals surface area contributed by atoms with Gasteiger partial charge in [0.15, 0.2) is 5.82 Å². The van der Waals surface area contributed by atoms with Crippen LogP contribution in [0.1, 0.15) is 34.9 Å². The molecule has 2 fully saturated rings. The molecular formula is C16H22N6O4S. The molecule has 10 nitrogen and oxygen atoms in total. The van der Waals surface area contributed by atoms with Gasteiger partial charge >= 0.3 is 0 Å². The van der Waals surface area contributed by atoms with Crippen LogP contribution in [0.15, 0.2) is 16.9 Å². The number of rotatable bonds is 4. The van der Waals surface area contributed by atoms with Crippen LogP contribution in [0.4, 0.5) is 0 Å². The molecule has 1 aliphatic heterocycles. The molecule has 1 amide bonds. The Balaban J connectivity index is 1.58. The maximum absolute atomic E-state index is 12.5. The number of nitrogens with zero attached hydrogens (tertiary/aromatic N) is 5. The Labute approximate surface area is 157 Å². The van der Waals surface area contributed by atoms with Crippen molar-refractivity contribution in [3.05, 3.63) is 29.7 Å². The largest absolute Gasteiger partial charge is 0.349 e. The number of nitrogens with one attached hydrogen (secondary N) is 1. The SMILES string of the molecule is Cc1noc([C@]23C[C@H](NC(=O)c4cnn(C)c4)CC2CN(S(C)(=O)=O)C3)n1. The van der Waals surface area contributed by atoms with Crippen molar-refractivity contribution >= 4 is 15.9 Å². The fourth-order valence-electron chi connectivity index (χ4n) is 4.33. The van der Waals surface area contributed by atoms with Gasteiger partial charge in [-0.3, -0.25) is 9.48 Å². The Kier molecular flexibility index (Phi) is 4.11. The van der Waals surface area contributed by atoms with E-state index in [1.54, 1.807) is 24.9 Å². The third kappa shape index (κ3) is 3.14. The zero-order valence-electron chi connectivity index (χ0n) is 15.4. The minimum Gasteiger partial charge on any atom is -0.349 e. The van der Waals surface area contributed by atoms with Crippen LogP contribution >= 0.6 is 0 Å². The van der Waals surface area contributed by atoms with Gasteiger partial charge in [-0.15, -0.1) is 0 Å². The van der Waals surface area contributed by atoms with E-state index < -0.39 is 15.4 Å². The van der Waals surface area contributed by atoms with Crippen molar-refractivity contribution in [2.45, 2.75) is 31.2 Å². The Morgan fingerprint density at radius 3 is 2.81 bits per heavy atom. The minimum atomic E-state index is -3.32. The topological polar surface area (TPSA) is 123 Å². The summed E-state index contributed by atoms with van der Waals surface area (Å²) < 4.78 is 32.6. The summed E-state index contributed by atoms with van der Waals surface area (Å²) in [5, 5.41) is 10.9. The lowest BCUT2D eigenvalue weighted by molar-refractivity contribution is 0.0934. The molecule has 2 aromatic rings. The number of carbonyl (C=O) groups excluding carboxylic acids is 1. The Morgan fingerprint density at radius 1 is 1.44 bits per heavy atom. The van der Waals surface area contributed by atoms with Gasteiger partial charge in [0, 0.05) is 32.4 Å². The van der Waals surface area contributed by atoms with Crippen molar-refractivity contribution < 1.29 is 17.7 Å². The third-order valence-corrected chi connectivity index (χ3v) is 6.78. The minimum absolute atomic E-state index is 0.00581. The Hall–Kier alpha value is -2.27. The van der Waals surface area contributed by atoms with Gasteiger partial charge in [0.25, 0.3) is 5.91 Å². The van der Waals surface area contributed by atoms with Crippen molar-refractivity contribution in [3.63, 3.8) is 0 Å². The molecule has 11 heteroatoms. The van der Waals surface area contributed by atoms with E-state index in [1.165, 1.54) is 16.8 Å². The third-order valence-electron chi connectivity index (χ3n) is 5.57. The standard InChI is InChI=1S/C16H22N6O4S/c1-10-18-15(26-20-10)16-5-13(19-14(23)11-6-17-21(2)7-11)4-12(16)8-22(9-16)27(3,24)25/h6-7,12-13H,4-5,8-9H2,1-3H3,(H,19,23)/t12?,13-,16+/m1/s1. The second-order valence-corrected chi connectivity index (χ2v) is 9.55. The second kappa shape index (κ2) is 6.13. The zero-order chi connectivity index (χ0) is 19.4. The number of hydrogen-bond acceptors (Lipinski definition) is 7. The van der Waals surface area contributed by atoms with E-state index in [2.05, 4.69) is 20.6 Å². The van der Waals surface area contributed by atoms with Gasteiger partial charge in [-0.25, -0.2) is 12.7 Å².